The molecule has 15 heavy (non-hydrogen) atoms. The fourth-order valence-electron chi connectivity index (χ4n) is 1.16. The zero-order chi connectivity index (χ0) is 11.4. The van der Waals surface area contributed by atoms with Crippen LogP contribution in [-0.4, -0.2) is 27.2 Å². The third-order valence-electron chi connectivity index (χ3n) is 1.89. The van der Waals surface area contributed by atoms with Crippen LogP contribution in [0, 0.1) is 10.1 Å². The van der Waals surface area contributed by atoms with E-state index in [1.807, 2.05) is 0 Å². The van der Waals surface area contributed by atoms with E-state index < -0.39 is 17.0 Å². The standard InChI is InChI=1S/C9H9NO5/c11-8(9(12)13)5-6-3-1-2-4-7(6)10(14)15/h1-4,8,11H,5H2,(H,12,13)/t8-/m0/s1. The lowest BCUT2D eigenvalue weighted by Crippen LogP contribution is -2.22. The number of aliphatic carboxylic acids is 1. The molecule has 0 saturated carbocycles. The number of hydrogen-bond acceptors (Lipinski definition) is 4. The Hall–Kier alpha value is -1.95. The van der Waals surface area contributed by atoms with Crippen LogP contribution in [0.1, 0.15) is 5.56 Å². The van der Waals surface area contributed by atoms with Gasteiger partial charge < -0.3 is 10.2 Å². The second kappa shape index (κ2) is 4.52. The predicted molar refractivity (Wildman–Crippen MR) is 50.4 cm³/mol. The van der Waals surface area contributed by atoms with E-state index in [9.17, 15) is 14.9 Å². The van der Waals surface area contributed by atoms with Crippen molar-refractivity contribution in [1.29, 1.82) is 0 Å². The van der Waals surface area contributed by atoms with Crippen LogP contribution in [0.25, 0.3) is 0 Å². The molecule has 0 fully saturated rings. The van der Waals surface area contributed by atoms with Gasteiger partial charge in [-0.05, 0) is 0 Å². The number of aliphatic hydroxyl groups excluding tert-OH is 1. The zero-order valence-electron chi connectivity index (χ0n) is 7.66. The van der Waals surface area contributed by atoms with Gasteiger partial charge in [0, 0.05) is 18.1 Å². The molecule has 6 heteroatoms. The van der Waals surface area contributed by atoms with Gasteiger partial charge in [0.05, 0.1) is 4.92 Å². The first-order chi connectivity index (χ1) is 7.02. The highest BCUT2D eigenvalue weighted by Gasteiger charge is 2.19. The molecule has 1 aromatic carbocycles. The SMILES string of the molecule is O=C(O)[C@@H](O)Cc1ccccc1[N+](=O)[O-]. The molecule has 0 aliphatic carbocycles. The molecule has 1 rings (SSSR count). The van der Waals surface area contributed by atoms with Crippen LogP contribution in [0.3, 0.4) is 0 Å². The van der Waals surface area contributed by atoms with Crippen molar-refractivity contribution in [2.45, 2.75) is 12.5 Å². The molecule has 0 spiro atoms. The highest BCUT2D eigenvalue weighted by Crippen LogP contribution is 2.19. The number of carboxylic acids is 1. The van der Waals surface area contributed by atoms with Crippen molar-refractivity contribution in [3.63, 3.8) is 0 Å². The van der Waals surface area contributed by atoms with Crippen LogP contribution in [0.5, 0.6) is 0 Å². The summed E-state index contributed by atoms with van der Waals surface area (Å²) in [7, 11) is 0. The van der Waals surface area contributed by atoms with Gasteiger partial charge in [-0.1, -0.05) is 18.2 Å². The first-order valence-electron chi connectivity index (χ1n) is 4.15. The van der Waals surface area contributed by atoms with Crippen molar-refractivity contribution in [2.75, 3.05) is 0 Å². The quantitative estimate of drug-likeness (QED) is 0.560. The average Bonchev–Trinajstić information content (AvgIpc) is 2.18. The molecule has 6 nitrogen and oxygen atoms in total. The number of aliphatic hydroxyl groups is 1. The number of rotatable bonds is 4. The number of carboxylic acid groups (broad SMARTS) is 1. The molecule has 0 heterocycles. The molecule has 0 amide bonds. The number of carbonyl (C=O) groups is 1. The molecule has 2 N–H and O–H groups in total. The fourth-order valence-corrected chi connectivity index (χ4v) is 1.16. The van der Waals surface area contributed by atoms with E-state index in [0.717, 1.165) is 0 Å². The van der Waals surface area contributed by atoms with Gasteiger partial charge in [0.25, 0.3) is 5.69 Å². The Kier molecular flexibility index (Phi) is 3.35. The van der Waals surface area contributed by atoms with Gasteiger partial charge in [-0.25, -0.2) is 4.79 Å². The van der Waals surface area contributed by atoms with E-state index in [1.54, 1.807) is 6.07 Å². The topological polar surface area (TPSA) is 101 Å². The van der Waals surface area contributed by atoms with Crippen LogP contribution in [0.4, 0.5) is 5.69 Å². The molecule has 0 saturated heterocycles. The summed E-state index contributed by atoms with van der Waals surface area (Å²) in [5.74, 6) is -1.40. The summed E-state index contributed by atoms with van der Waals surface area (Å²) in [5.41, 5.74) is 0.0233. The van der Waals surface area contributed by atoms with Gasteiger partial charge in [0.2, 0.25) is 0 Å². The Labute approximate surface area is 84.9 Å². The number of para-hydroxylation sites is 1. The number of nitro benzene ring substituents is 1. The molecule has 80 valence electrons. The van der Waals surface area contributed by atoms with Crippen molar-refractivity contribution in [2.24, 2.45) is 0 Å². The summed E-state index contributed by atoms with van der Waals surface area (Å²) in [6, 6.07) is 5.72. The lowest BCUT2D eigenvalue weighted by molar-refractivity contribution is -0.385. The molecular weight excluding hydrogens is 202 g/mol. The maximum absolute atomic E-state index is 10.5. The summed E-state index contributed by atoms with van der Waals surface area (Å²) in [6.07, 6.45) is -1.89. The summed E-state index contributed by atoms with van der Waals surface area (Å²) in [5, 5.41) is 28.1. The van der Waals surface area contributed by atoms with Gasteiger partial charge in [-0.2, -0.15) is 0 Å². The molecule has 0 radical (unpaired) electrons. The van der Waals surface area contributed by atoms with Crippen LogP contribution in [0.2, 0.25) is 0 Å². The Bertz CT molecular complexity index is 390. The van der Waals surface area contributed by atoms with Gasteiger partial charge >= 0.3 is 5.97 Å². The van der Waals surface area contributed by atoms with Crippen molar-refractivity contribution in [3.05, 3.63) is 39.9 Å². The summed E-state index contributed by atoms with van der Waals surface area (Å²) >= 11 is 0. The number of nitrogens with zero attached hydrogens (tertiary/aromatic N) is 1. The maximum Gasteiger partial charge on any atom is 0.332 e. The smallest absolute Gasteiger partial charge is 0.332 e. The van der Waals surface area contributed by atoms with Crippen LogP contribution >= 0.6 is 0 Å². The van der Waals surface area contributed by atoms with E-state index in [-0.39, 0.29) is 17.7 Å². The molecule has 1 atom stereocenters. The second-order valence-electron chi connectivity index (χ2n) is 2.94. The third kappa shape index (κ3) is 2.75. The summed E-state index contributed by atoms with van der Waals surface area (Å²) in [4.78, 5) is 20.3. The zero-order valence-corrected chi connectivity index (χ0v) is 7.66. The monoisotopic (exact) mass is 211 g/mol. The van der Waals surface area contributed by atoms with E-state index in [0.29, 0.717) is 0 Å². The van der Waals surface area contributed by atoms with E-state index in [1.165, 1.54) is 18.2 Å². The second-order valence-corrected chi connectivity index (χ2v) is 2.94. The molecule has 0 aromatic heterocycles. The van der Waals surface area contributed by atoms with Crippen molar-refractivity contribution in [3.8, 4) is 0 Å². The normalized spacial score (nSPS) is 12.1. The lowest BCUT2D eigenvalue weighted by atomic mass is 10.1. The minimum Gasteiger partial charge on any atom is -0.479 e. The molecular formula is C9H9NO5. The van der Waals surface area contributed by atoms with Crippen molar-refractivity contribution >= 4 is 11.7 Å². The van der Waals surface area contributed by atoms with Gasteiger partial charge in [0.15, 0.2) is 6.10 Å². The Morgan fingerprint density at radius 2 is 2.07 bits per heavy atom. The van der Waals surface area contributed by atoms with Gasteiger partial charge in [0.1, 0.15) is 0 Å². The minimum atomic E-state index is -1.62. The number of benzene rings is 1. The molecule has 0 unspecified atom stereocenters. The molecule has 0 bridgehead atoms. The average molecular weight is 211 g/mol. The Morgan fingerprint density at radius 1 is 1.47 bits per heavy atom. The largest absolute Gasteiger partial charge is 0.479 e. The first-order valence-corrected chi connectivity index (χ1v) is 4.15. The lowest BCUT2D eigenvalue weighted by Gasteiger charge is -2.05. The van der Waals surface area contributed by atoms with E-state index in [2.05, 4.69) is 0 Å². The van der Waals surface area contributed by atoms with Gasteiger partial charge in [-0.15, -0.1) is 0 Å². The first kappa shape index (κ1) is 11.1. The molecule has 0 aliphatic rings. The van der Waals surface area contributed by atoms with E-state index >= 15 is 0 Å². The fraction of sp³-hybridized carbons (Fsp3) is 0.222. The highest BCUT2D eigenvalue weighted by molar-refractivity contribution is 5.72. The highest BCUT2D eigenvalue weighted by atomic mass is 16.6. The Morgan fingerprint density at radius 3 is 2.60 bits per heavy atom. The van der Waals surface area contributed by atoms with E-state index in [4.69, 9.17) is 10.2 Å². The van der Waals surface area contributed by atoms with Crippen LogP contribution in [-0.2, 0) is 11.2 Å². The molecule has 1 aromatic rings. The summed E-state index contributed by atoms with van der Waals surface area (Å²) in [6.45, 7) is 0. The van der Waals surface area contributed by atoms with Crippen molar-refractivity contribution in [1.82, 2.24) is 0 Å². The minimum absolute atomic E-state index is 0.183. The maximum atomic E-state index is 10.5. The predicted octanol–water partition coefficient (Wildman–Crippen LogP) is 0.583. The van der Waals surface area contributed by atoms with Gasteiger partial charge in [-0.3, -0.25) is 10.1 Å². The number of hydrogen-bond donors (Lipinski definition) is 2. The van der Waals surface area contributed by atoms with Crippen LogP contribution < -0.4 is 0 Å². The van der Waals surface area contributed by atoms with Crippen LogP contribution in [0.15, 0.2) is 24.3 Å². The third-order valence-corrected chi connectivity index (χ3v) is 1.89. The van der Waals surface area contributed by atoms with Crippen molar-refractivity contribution < 1.29 is 19.9 Å². The Balaban J connectivity index is 2.94. The molecule has 0 aliphatic heterocycles. The summed E-state index contributed by atoms with van der Waals surface area (Å²) < 4.78 is 0. The number of nitro groups is 1.